The molecule has 0 radical (unpaired) electrons. The lowest BCUT2D eigenvalue weighted by atomic mass is 10.0. The van der Waals surface area contributed by atoms with Crippen LogP contribution in [0.3, 0.4) is 0 Å². The molecule has 4 rings (SSSR count). The molecule has 2 aromatic heterocycles. The SMILES string of the molecule is Cc1cnc(Nc2ccc(N3CCC(N(C)C)CC3)c(F)c2)nc1-c1cnn(C(C)C)c1. The van der Waals surface area contributed by atoms with Crippen LogP contribution in [0.15, 0.2) is 36.8 Å². The van der Waals surface area contributed by atoms with Gasteiger partial charge in [-0.05, 0) is 71.5 Å². The summed E-state index contributed by atoms with van der Waals surface area (Å²) in [5, 5.41) is 7.55. The monoisotopic (exact) mass is 437 g/mol. The molecule has 3 aromatic rings. The van der Waals surface area contributed by atoms with Crippen molar-refractivity contribution < 1.29 is 4.39 Å². The van der Waals surface area contributed by atoms with Gasteiger partial charge in [-0.2, -0.15) is 5.10 Å². The largest absolute Gasteiger partial charge is 0.369 e. The molecule has 1 fully saturated rings. The Hall–Kier alpha value is -3.00. The highest BCUT2D eigenvalue weighted by Gasteiger charge is 2.22. The maximum absolute atomic E-state index is 14.9. The van der Waals surface area contributed by atoms with Gasteiger partial charge in [0.2, 0.25) is 5.95 Å². The van der Waals surface area contributed by atoms with Gasteiger partial charge in [-0.1, -0.05) is 0 Å². The topological polar surface area (TPSA) is 62.1 Å². The molecule has 0 spiro atoms. The van der Waals surface area contributed by atoms with E-state index in [0.29, 0.717) is 23.4 Å². The molecule has 0 unspecified atom stereocenters. The molecule has 0 aliphatic carbocycles. The zero-order valence-electron chi connectivity index (χ0n) is 19.5. The minimum absolute atomic E-state index is 0.233. The molecule has 0 atom stereocenters. The molecule has 1 aliphatic heterocycles. The standard InChI is InChI=1S/C24H32FN7/c1-16(2)32-15-18(14-27-32)23-17(3)13-26-24(29-23)28-19-6-7-22(21(25)12-19)31-10-8-20(9-11-31)30(4)5/h6-7,12-16,20H,8-11H2,1-5H3,(H,26,28,29). The van der Waals surface area contributed by atoms with Crippen LogP contribution in [0.1, 0.15) is 38.3 Å². The van der Waals surface area contributed by atoms with E-state index in [4.69, 9.17) is 0 Å². The Morgan fingerprint density at radius 2 is 1.91 bits per heavy atom. The third-order valence-corrected chi connectivity index (χ3v) is 6.12. The third-order valence-electron chi connectivity index (χ3n) is 6.12. The Morgan fingerprint density at radius 1 is 1.16 bits per heavy atom. The van der Waals surface area contributed by atoms with E-state index < -0.39 is 0 Å². The van der Waals surface area contributed by atoms with Crippen molar-refractivity contribution in [3.8, 4) is 11.3 Å². The van der Waals surface area contributed by atoms with Crippen LogP contribution in [-0.2, 0) is 0 Å². The van der Waals surface area contributed by atoms with E-state index in [-0.39, 0.29) is 11.9 Å². The molecule has 1 aromatic carbocycles. The Balaban J connectivity index is 1.49. The Labute approximate surface area is 189 Å². The van der Waals surface area contributed by atoms with Gasteiger partial charge in [0.1, 0.15) is 5.82 Å². The fourth-order valence-corrected chi connectivity index (χ4v) is 4.13. The number of hydrogen-bond acceptors (Lipinski definition) is 6. The van der Waals surface area contributed by atoms with Crippen molar-refractivity contribution in [2.45, 2.75) is 45.7 Å². The molecule has 8 heteroatoms. The number of nitrogens with zero attached hydrogens (tertiary/aromatic N) is 6. The number of nitrogens with one attached hydrogen (secondary N) is 1. The Morgan fingerprint density at radius 3 is 2.53 bits per heavy atom. The second kappa shape index (κ2) is 9.24. The summed E-state index contributed by atoms with van der Waals surface area (Å²) in [7, 11) is 4.21. The van der Waals surface area contributed by atoms with Crippen molar-refractivity contribution in [2.24, 2.45) is 0 Å². The summed E-state index contributed by atoms with van der Waals surface area (Å²) < 4.78 is 16.8. The first-order chi connectivity index (χ1) is 15.3. The van der Waals surface area contributed by atoms with Gasteiger partial charge >= 0.3 is 0 Å². The van der Waals surface area contributed by atoms with E-state index in [0.717, 1.165) is 42.8 Å². The van der Waals surface area contributed by atoms with E-state index in [9.17, 15) is 4.39 Å². The number of aryl methyl sites for hydroxylation is 1. The molecule has 7 nitrogen and oxygen atoms in total. The molecule has 0 bridgehead atoms. The zero-order chi connectivity index (χ0) is 22.8. The van der Waals surface area contributed by atoms with Crippen LogP contribution in [0.4, 0.5) is 21.7 Å². The van der Waals surface area contributed by atoms with Crippen LogP contribution in [0, 0.1) is 12.7 Å². The predicted octanol–water partition coefficient (Wildman–Crippen LogP) is 4.64. The van der Waals surface area contributed by atoms with E-state index in [1.807, 2.05) is 36.1 Å². The van der Waals surface area contributed by atoms with E-state index >= 15 is 0 Å². The van der Waals surface area contributed by atoms with Crippen LogP contribution in [0.5, 0.6) is 0 Å². The lowest BCUT2D eigenvalue weighted by molar-refractivity contribution is 0.249. The van der Waals surface area contributed by atoms with Crippen molar-refractivity contribution in [3.63, 3.8) is 0 Å². The maximum atomic E-state index is 14.9. The van der Waals surface area contributed by atoms with Crippen LogP contribution >= 0.6 is 0 Å². The molecule has 1 N–H and O–H groups in total. The molecule has 170 valence electrons. The van der Waals surface area contributed by atoms with E-state index in [1.54, 1.807) is 6.20 Å². The van der Waals surface area contributed by atoms with E-state index in [2.05, 4.69) is 58.1 Å². The number of piperidine rings is 1. The summed E-state index contributed by atoms with van der Waals surface area (Å²) in [5.74, 6) is 0.200. The third kappa shape index (κ3) is 4.75. The lowest BCUT2D eigenvalue weighted by Gasteiger charge is -2.36. The Kier molecular flexibility index (Phi) is 6.41. The average Bonchev–Trinajstić information content (AvgIpc) is 3.26. The second-order valence-corrected chi connectivity index (χ2v) is 9.00. The van der Waals surface area contributed by atoms with Gasteiger partial charge in [0.25, 0.3) is 0 Å². The first-order valence-electron chi connectivity index (χ1n) is 11.2. The van der Waals surface area contributed by atoms with Crippen LogP contribution in [-0.4, -0.2) is 57.9 Å². The summed E-state index contributed by atoms with van der Waals surface area (Å²) in [5.41, 5.74) is 3.99. The fourth-order valence-electron chi connectivity index (χ4n) is 4.13. The van der Waals surface area contributed by atoms with Gasteiger partial charge in [0.15, 0.2) is 0 Å². The van der Waals surface area contributed by atoms with Crippen LogP contribution in [0.25, 0.3) is 11.3 Å². The average molecular weight is 438 g/mol. The molecule has 3 heterocycles. The van der Waals surface area contributed by atoms with Crippen molar-refractivity contribution >= 4 is 17.3 Å². The van der Waals surface area contributed by atoms with Gasteiger partial charge in [-0.15, -0.1) is 0 Å². The summed E-state index contributed by atoms with van der Waals surface area (Å²) in [6.07, 6.45) is 7.65. The number of anilines is 3. The van der Waals surface area contributed by atoms with Gasteiger partial charge in [-0.25, -0.2) is 14.4 Å². The quantitative estimate of drug-likeness (QED) is 0.606. The second-order valence-electron chi connectivity index (χ2n) is 9.00. The molecule has 0 saturated carbocycles. The lowest BCUT2D eigenvalue weighted by Crippen LogP contribution is -2.42. The van der Waals surface area contributed by atoms with Gasteiger partial charge in [0.05, 0.1) is 17.6 Å². The van der Waals surface area contributed by atoms with E-state index in [1.165, 1.54) is 6.07 Å². The zero-order valence-corrected chi connectivity index (χ0v) is 19.5. The highest BCUT2D eigenvalue weighted by Crippen LogP contribution is 2.28. The Bertz CT molecular complexity index is 1070. The number of hydrogen-bond donors (Lipinski definition) is 1. The number of halogens is 1. The van der Waals surface area contributed by atoms with Crippen molar-refractivity contribution in [1.29, 1.82) is 0 Å². The minimum atomic E-state index is -0.233. The highest BCUT2D eigenvalue weighted by molar-refractivity contribution is 5.65. The van der Waals surface area contributed by atoms with Crippen LogP contribution in [0.2, 0.25) is 0 Å². The van der Waals surface area contributed by atoms with Crippen molar-refractivity contribution in [1.82, 2.24) is 24.6 Å². The first kappa shape index (κ1) is 22.2. The molecule has 1 saturated heterocycles. The summed E-state index contributed by atoms with van der Waals surface area (Å²) in [4.78, 5) is 13.4. The summed E-state index contributed by atoms with van der Waals surface area (Å²) in [6, 6.07) is 6.09. The molecular formula is C24H32FN7. The number of rotatable bonds is 6. The molecule has 32 heavy (non-hydrogen) atoms. The van der Waals surface area contributed by atoms with Crippen molar-refractivity contribution in [3.05, 3.63) is 48.2 Å². The molecule has 1 aliphatic rings. The highest BCUT2D eigenvalue weighted by atomic mass is 19.1. The normalized spacial score (nSPS) is 15.1. The fraction of sp³-hybridized carbons (Fsp3) is 0.458. The molecule has 0 amide bonds. The smallest absolute Gasteiger partial charge is 0.227 e. The maximum Gasteiger partial charge on any atom is 0.227 e. The van der Waals surface area contributed by atoms with Gasteiger partial charge in [0, 0.05) is 48.8 Å². The number of benzene rings is 1. The number of aromatic nitrogens is 4. The molecular weight excluding hydrogens is 405 g/mol. The summed E-state index contributed by atoms with van der Waals surface area (Å²) >= 11 is 0. The van der Waals surface area contributed by atoms with Crippen molar-refractivity contribution in [2.75, 3.05) is 37.4 Å². The predicted molar refractivity (Wildman–Crippen MR) is 127 cm³/mol. The van der Waals surface area contributed by atoms with Gasteiger partial charge in [-0.3, -0.25) is 4.68 Å². The minimum Gasteiger partial charge on any atom is -0.369 e. The van der Waals surface area contributed by atoms with Gasteiger partial charge < -0.3 is 15.1 Å². The first-order valence-corrected chi connectivity index (χ1v) is 11.2. The van der Waals surface area contributed by atoms with Crippen LogP contribution < -0.4 is 10.2 Å². The summed E-state index contributed by atoms with van der Waals surface area (Å²) in [6.45, 7) is 7.86.